The van der Waals surface area contributed by atoms with Crippen molar-refractivity contribution in [3.05, 3.63) is 48.6 Å². The zero-order valence-electron chi connectivity index (χ0n) is 36.6. The molecule has 3 N–H and O–H groups in total. The van der Waals surface area contributed by atoms with Gasteiger partial charge in [0.1, 0.15) is 6.61 Å². The van der Waals surface area contributed by atoms with Crippen molar-refractivity contribution in [3.63, 3.8) is 0 Å². The zero-order valence-corrected chi connectivity index (χ0v) is 37.5. The van der Waals surface area contributed by atoms with Crippen LogP contribution in [0.2, 0.25) is 0 Å². The molecular formula is C47H86NO8P. The second-order valence-corrected chi connectivity index (χ2v) is 16.7. The van der Waals surface area contributed by atoms with Crippen LogP contribution in [0.4, 0.5) is 0 Å². The van der Waals surface area contributed by atoms with Gasteiger partial charge in [0, 0.05) is 19.4 Å². The van der Waals surface area contributed by atoms with Crippen molar-refractivity contribution < 1.29 is 37.6 Å². The first-order chi connectivity index (χ1) is 27.8. The van der Waals surface area contributed by atoms with Gasteiger partial charge in [0.2, 0.25) is 0 Å². The van der Waals surface area contributed by atoms with E-state index >= 15 is 0 Å². The number of unbranched alkanes of at least 4 members (excludes halogenated alkanes) is 22. The van der Waals surface area contributed by atoms with Gasteiger partial charge in [-0.25, -0.2) is 4.57 Å². The summed E-state index contributed by atoms with van der Waals surface area (Å²) in [5, 5.41) is 0. The highest BCUT2D eigenvalue weighted by Gasteiger charge is 2.26. The molecule has 0 aromatic carbocycles. The number of ether oxygens (including phenoxy) is 2. The number of phosphoric acid groups is 1. The Hall–Kier alpha value is -2.03. The third kappa shape index (κ3) is 43.4. The maximum absolute atomic E-state index is 12.6. The summed E-state index contributed by atoms with van der Waals surface area (Å²) < 4.78 is 32.8. The van der Waals surface area contributed by atoms with Gasteiger partial charge in [-0.3, -0.25) is 18.6 Å². The van der Waals surface area contributed by atoms with Crippen LogP contribution in [-0.2, 0) is 32.7 Å². The van der Waals surface area contributed by atoms with Crippen molar-refractivity contribution in [2.45, 2.75) is 213 Å². The molecule has 0 saturated carbocycles. The van der Waals surface area contributed by atoms with E-state index in [9.17, 15) is 19.0 Å². The Balaban J connectivity index is 4.10. The molecule has 10 heteroatoms. The van der Waals surface area contributed by atoms with Crippen molar-refractivity contribution in [2.24, 2.45) is 5.73 Å². The van der Waals surface area contributed by atoms with Crippen LogP contribution in [0.25, 0.3) is 0 Å². The monoisotopic (exact) mass is 824 g/mol. The molecule has 2 unspecified atom stereocenters. The molecule has 2 atom stereocenters. The van der Waals surface area contributed by atoms with Gasteiger partial charge < -0.3 is 20.1 Å². The van der Waals surface area contributed by atoms with Crippen LogP contribution in [0, 0.1) is 0 Å². The smallest absolute Gasteiger partial charge is 0.462 e. The third-order valence-electron chi connectivity index (χ3n) is 9.70. The van der Waals surface area contributed by atoms with Crippen LogP contribution in [0.5, 0.6) is 0 Å². The number of phosphoric ester groups is 1. The third-order valence-corrected chi connectivity index (χ3v) is 10.7. The Kier molecular flexibility index (Phi) is 42.0. The summed E-state index contributed by atoms with van der Waals surface area (Å²) in [5.74, 6) is -0.849. The standard InChI is InChI=1S/C47H86NO8P/c1-3-5-7-9-11-13-15-17-19-20-21-22-23-24-26-27-29-31-33-35-37-39-46(49)53-43-45(44-55-57(51,52)54-42-41-48)56-47(50)40-38-36-34-32-30-28-25-18-16-14-12-10-8-6-4-2/h6,8,12,14,18,20-21,25,45H,3-5,7,9-11,13,15-17,19,22-24,26-44,48H2,1-2H3,(H,51,52)/b8-6-,14-12-,21-20-,25-18-. The molecule has 0 bridgehead atoms. The minimum absolute atomic E-state index is 0.0488. The molecule has 0 aliphatic rings. The van der Waals surface area contributed by atoms with Crippen LogP contribution in [-0.4, -0.2) is 49.3 Å². The predicted octanol–water partition coefficient (Wildman–Crippen LogP) is 13.5. The Morgan fingerprint density at radius 1 is 0.544 bits per heavy atom. The molecule has 0 heterocycles. The number of carbonyl (C=O) groups excluding carboxylic acids is 2. The lowest BCUT2D eigenvalue weighted by molar-refractivity contribution is -0.161. The number of rotatable bonds is 43. The van der Waals surface area contributed by atoms with E-state index in [2.05, 4.69) is 62.5 Å². The number of hydrogen-bond acceptors (Lipinski definition) is 8. The molecule has 0 fully saturated rings. The largest absolute Gasteiger partial charge is 0.472 e. The van der Waals surface area contributed by atoms with Crippen molar-refractivity contribution >= 4 is 19.8 Å². The normalized spacial score (nSPS) is 13.7. The summed E-state index contributed by atoms with van der Waals surface area (Å²) in [4.78, 5) is 34.9. The molecule has 0 aliphatic carbocycles. The molecular weight excluding hydrogens is 737 g/mol. The van der Waals surface area contributed by atoms with Gasteiger partial charge in [0.25, 0.3) is 0 Å². The number of esters is 2. The van der Waals surface area contributed by atoms with Gasteiger partial charge in [0.15, 0.2) is 6.10 Å². The summed E-state index contributed by atoms with van der Waals surface area (Å²) in [6, 6.07) is 0. The lowest BCUT2D eigenvalue weighted by Crippen LogP contribution is -2.29. The predicted molar refractivity (Wildman–Crippen MR) is 238 cm³/mol. The second-order valence-electron chi connectivity index (χ2n) is 15.2. The van der Waals surface area contributed by atoms with E-state index in [1.165, 1.54) is 103 Å². The summed E-state index contributed by atoms with van der Waals surface area (Å²) in [6.07, 6.45) is 50.0. The molecule has 0 aromatic heterocycles. The van der Waals surface area contributed by atoms with Crippen molar-refractivity contribution in [3.8, 4) is 0 Å². The van der Waals surface area contributed by atoms with E-state index in [4.69, 9.17) is 24.3 Å². The molecule has 0 spiro atoms. The Morgan fingerprint density at radius 2 is 0.965 bits per heavy atom. The number of allylic oxidation sites excluding steroid dienone is 8. The number of nitrogens with two attached hydrogens (primary N) is 1. The first-order valence-electron chi connectivity index (χ1n) is 23.1. The lowest BCUT2D eigenvalue weighted by Gasteiger charge is -2.19. The molecule has 0 amide bonds. The van der Waals surface area contributed by atoms with Gasteiger partial charge in [-0.1, -0.05) is 172 Å². The highest BCUT2D eigenvalue weighted by Crippen LogP contribution is 2.43. The second kappa shape index (κ2) is 43.5. The highest BCUT2D eigenvalue weighted by atomic mass is 31.2. The van der Waals surface area contributed by atoms with Crippen molar-refractivity contribution in [2.75, 3.05) is 26.4 Å². The van der Waals surface area contributed by atoms with E-state index in [0.29, 0.717) is 6.42 Å². The average molecular weight is 824 g/mol. The topological polar surface area (TPSA) is 134 Å². The van der Waals surface area contributed by atoms with Crippen LogP contribution in [0.15, 0.2) is 48.6 Å². The molecule has 0 radical (unpaired) electrons. The van der Waals surface area contributed by atoms with Crippen molar-refractivity contribution in [1.29, 1.82) is 0 Å². The summed E-state index contributed by atoms with van der Waals surface area (Å²) in [7, 11) is -4.38. The van der Waals surface area contributed by atoms with E-state index in [1.54, 1.807) is 0 Å². The fraction of sp³-hybridized carbons (Fsp3) is 0.787. The molecule has 0 saturated heterocycles. The maximum Gasteiger partial charge on any atom is 0.472 e. The first kappa shape index (κ1) is 55.0. The van der Waals surface area contributed by atoms with Gasteiger partial charge in [-0.05, 0) is 70.6 Å². The van der Waals surface area contributed by atoms with Crippen LogP contribution in [0.1, 0.15) is 206 Å². The van der Waals surface area contributed by atoms with Gasteiger partial charge in [-0.2, -0.15) is 0 Å². The van der Waals surface area contributed by atoms with Gasteiger partial charge in [0.05, 0.1) is 13.2 Å². The minimum Gasteiger partial charge on any atom is -0.462 e. The van der Waals surface area contributed by atoms with E-state index in [-0.39, 0.29) is 38.6 Å². The van der Waals surface area contributed by atoms with Gasteiger partial charge in [-0.15, -0.1) is 0 Å². The zero-order chi connectivity index (χ0) is 41.8. The van der Waals surface area contributed by atoms with Crippen LogP contribution in [0.3, 0.4) is 0 Å². The number of hydrogen-bond donors (Lipinski definition) is 2. The Morgan fingerprint density at radius 3 is 1.46 bits per heavy atom. The fourth-order valence-electron chi connectivity index (χ4n) is 6.29. The molecule has 0 aromatic rings. The Bertz CT molecular complexity index is 1080. The van der Waals surface area contributed by atoms with E-state index in [0.717, 1.165) is 70.6 Å². The van der Waals surface area contributed by atoms with Crippen LogP contribution < -0.4 is 5.73 Å². The molecule has 0 aliphatic heterocycles. The average Bonchev–Trinajstić information content (AvgIpc) is 3.20. The first-order valence-corrected chi connectivity index (χ1v) is 24.6. The highest BCUT2D eigenvalue weighted by molar-refractivity contribution is 7.47. The lowest BCUT2D eigenvalue weighted by atomic mass is 10.1. The molecule has 332 valence electrons. The quantitative estimate of drug-likeness (QED) is 0.0267. The molecule has 9 nitrogen and oxygen atoms in total. The van der Waals surface area contributed by atoms with Gasteiger partial charge >= 0.3 is 19.8 Å². The summed E-state index contributed by atoms with van der Waals surface area (Å²) in [6.45, 7) is 3.61. The van der Waals surface area contributed by atoms with E-state index in [1.807, 2.05) is 0 Å². The Labute approximate surface area is 349 Å². The van der Waals surface area contributed by atoms with Crippen molar-refractivity contribution in [1.82, 2.24) is 0 Å². The summed E-state index contributed by atoms with van der Waals surface area (Å²) in [5.41, 5.74) is 5.35. The SMILES string of the molecule is CC/C=C\C/C=C\C/C=C\CCCCCCCC(=O)OC(COC(=O)CCCCCCCCCCC/C=C\CCCCCCCCCC)COP(=O)(O)OCCN. The summed E-state index contributed by atoms with van der Waals surface area (Å²) >= 11 is 0. The number of carbonyl (C=O) groups is 2. The van der Waals surface area contributed by atoms with E-state index < -0.39 is 26.5 Å². The fourth-order valence-corrected chi connectivity index (χ4v) is 7.06. The molecule has 0 rings (SSSR count). The minimum atomic E-state index is -4.38. The van der Waals surface area contributed by atoms with Crippen LogP contribution >= 0.6 is 7.82 Å². The molecule has 57 heavy (non-hydrogen) atoms. The maximum atomic E-state index is 12.6.